The van der Waals surface area contributed by atoms with Crippen LogP contribution in [0.25, 0.3) is 10.9 Å². The summed E-state index contributed by atoms with van der Waals surface area (Å²) in [6.45, 7) is 4.56. The van der Waals surface area contributed by atoms with Crippen molar-refractivity contribution in [2.24, 2.45) is 0 Å². The third-order valence-corrected chi connectivity index (χ3v) is 3.95. The number of benzene rings is 2. The SMILES string of the molecule is Cc1ccc(Cn2cc(CNCCO)c3ccccc32)cc1. The lowest BCUT2D eigenvalue weighted by molar-refractivity contribution is 0.292. The molecule has 1 aromatic heterocycles. The van der Waals surface area contributed by atoms with E-state index in [0.717, 1.165) is 13.1 Å². The summed E-state index contributed by atoms with van der Waals surface area (Å²) in [5.74, 6) is 0. The number of para-hydroxylation sites is 1. The van der Waals surface area contributed by atoms with Crippen molar-refractivity contribution >= 4 is 10.9 Å². The molecule has 0 spiro atoms. The Labute approximate surface area is 131 Å². The number of hydrogen-bond acceptors (Lipinski definition) is 2. The maximum atomic E-state index is 8.91. The Morgan fingerprint density at radius 3 is 2.59 bits per heavy atom. The number of hydrogen-bond donors (Lipinski definition) is 2. The molecule has 0 aliphatic rings. The van der Waals surface area contributed by atoms with Crippen molar-refractivity contribution in [1.29, 1.82) is 0 Å². The van der Waals surface area contributed by atoms with Gasteiger partial charge in [0.05, 0.1) is 6.61 Å². The van der Waals surface area contributed by atoms with E-state index >= 15 is 0 Å². The Morgan fingerprint density at radius 1 is 1.05 bits per heavy atom. The molecule has 114 valence electrons. The van der Waals surface area contributed by atoms with Crippen molar-refractivity contribution in [1.82, 2.24) is 9.88 Å². The number of nitrogens with zero attached hydrogens (tertiary/aromatic N) is 1. The predicted octanol–water partition coefficient (Wildman–Crippen LogP) is 3.08. The summed E-state index contributed by atoms with van der Waals surface area (Å²) in [6.07, 6.45) is 2.22. The number of aliphatic hydroxyl groups excluding tert-OH is 1. The van der Waals surface area contributed by atoms with Crippen molar-refractivity contribution in [3.05, 3.63) is 71.4 Å². The fraction of sp³-hybridized carbons (Fsp3) is 0.263. The van der Waals surface area contributed by atoms with Gasteiger partial charge in [-0.3, -0.25) is 0 Å². The zero-order valence-corrected chi connectivity index (χ0v) is 12.9. The van der Waals surface area contributed by atoms with Crippen LogP contribution in [-0.4, -0.2) is 22.8 Å². The van der Waals surface area contributed by atoms with E-state index in [2.05, 4.69) is 71.5 Å². The first-order valence-corrected chi connectivity index (χ1v) is 7.72. The molecule has 0 aliphatic carbocycles. The largest absolute Gasteiger partial charge is 0.395 e. The van der Waals surface area contributed by atoms with Crippen molar-refractivity contribution in [3.63, 3.8) is 0 Å². The topological polar surface area (TPSA) is 37.2 Å². The van der Waals surface area contributed by atoms with Gasteiger partial charge in [-0.05, 0) is 24.1 Å². The second-order valence-electron chi connectivity index (χ2n) is 5.69. The van der Waals surface area contributed by atoms with Gasteiger partial charge in [-0.15, -0.1) is 0 Å². The Bertz CT molecular complexity index is 744. The van der Waals surface area contributed by atoms with E-state index < -0.39 is 0 Å². The van der Waals surface area contributed by atoms with Crippen molar-refractivity contribution < 1.29 is 5.11 Å². The number of nitrogens with one attached hydrogen (secondary N) is 1. The highest BCUT2D eigenvalue weighted by atomic mass is 16.3. The predicted molar refractivity (Wildman–Crippen MR) is 91.0 cm³/mol. The molecule has 0 unspecified atom stereocenters. The lowest BCUT2D eigenvalue weighted by atomic mass is 10.1. The van der Waals surface area contributed by atoms with Crippen LogP contribution in [0, 0.1) is 6.92 Å². The fourth-order valence-corrected chi connectivity index (χ4v) is 2.79. The first-order valence-electron chi connectivity index (χ1n) is 7.72. The average molecular weight is 294 g/mol. The number of aliphatic hydroxyl groups is 1. The molecule has 22 heavy (non-hydrogen) atoms. The van der Waals surface area contributed by atoms with Gasteiger partial charge in [-0.25, -0.2) is 0 Å². The fourth-order valence-electron chi connectivity index (χ4n) is 2.79. The summed E-state index contributed by atoms with van der Waals surface area (Å²) in [4.78, 5) is 0. The molecular weight excluding hydrogens is 272 g/mol. The van der Waals surface area contributed by atoms with Crippen LogP contribution >= 0.6 is 0 Å². The van der Waals surface area contributed by atoms with Crippen LogP contribution in [-0.2, 0) is 13.1 Å². The van der Waals surface area contributed by atoms with Crippen molar-refractivity contribution in [2.75, 3.05) is 13.2 Å². The standard InChI is InChI=1S/C19H22N2O/c1-15-6-8-16(9-7-15)13-21-14-17(12-20-10-11-22)18-4-2-3-5-19(18)21/h2-9,14,20,22H,10-13H2,1H3. The molecule has 0 radical (unpaired) electrons. The minimum Gasteiger partial charge on any atom is -0.395 e. The highest BCUT2D eigenvalue weighted by Crippen LogP contribution is 2.22. The van der Waals surface area contributed by atoms with Crippen LogP contribution in [0.1, 0.15) is 16.7 Å². The molecule has 0 bridgehead atoms. The Hall–Kier alpha value is -2.10. The summed E-state index contributed by atoms with van der Waals surface area (Å²) in [6, 6.07) is 17.2. The molecule has 0 atom stereocenters. The number of fused-ring (bicyclic) bond motifs is 1. The normalized spacial score (nSPS) is 11.2. The van der Waals surface area contributed by atoms with Gasteiger partial charge >= 0.3 is 0 Å². The maximum Gasteiger partial charge on any atom is 0.0556 e. The third kappa shape index (κ3) is 3.21. The van der Waals surface area contributed by atoms with Crippen LogP contribution < -0.4 is 5.32 Å². The van der Waals surface area contributed by atoms with E-state index in [1.54, 1.807) is 0 Å². The summed E-state index contributed by atoms with van der Waals surface area (Å²) in [7, 11) is 0. The quantitative estimate of drug-likeness (QED) is 0.686. The maximum absolute atomic E-state index is 8.91. The molecule has 0 aliphatic heterocycles. The second-order valence-corrected chi connectivity index (χ2v) is 5.69. The summed E-state index contributed by atoms with van der Waals surface area (Å²) < 4.78 is 2.30. The number of aromatic nitrogens is 1. The molecular formula is C19H22N2O. The van der Waals surface area contributed by atoms with E-state index in [0.29, 0.717) is 6.54 Å². The first-order chi connectivity index (χ1) is 10.8. The van der Waals surface area contributed by atoms with Crippen LogP contribution in [0.5, 0.6) is 0 Å². The first kappa shape index (κ1) is 14.8. The van der Waals surface area contributed by atoms with Gasteiger partial charge in [0, 0.05) is 36.7 Å². The van der Waals surface area contributed by atoms with Gasteiger partial charge in [0.15, 0.2) is 0 Å². The summed E-state index contributed by atoms with van der Waals surface area (Å²) >= 11 is 0. The van der Waals surface area contributed by atoms with E-state index in [4.69, 9.17) is 5.11 Å². The smallest absolute Gasteiger partial charge is 0.0556 e. The molecule has 2 N–H and O–H groups in total. The van der Waals surface area contributed by atoms with E-state index in [1.165, 1.54) is 27.6 Å². The molecule has 2 aromatic carbocycles. The lowest BCUT2D eigenvalue weighted by Crippen LogP contribution is -2.17. The molecule has 0 saturated heterocycles. The minimum absolute atomic E-state index is 0.169. The molecule has 1 heterocycles. The molecule has 3 heteroatoms. The Morgan fingerprint density at radius 2 is 1.82 bits per heavy atom. The zero-order valence-electron chi connectivity index (χ0n) is 12.9. The van der Waals surface area contributed by atoms with Gasteiger partial charge < -0.3 is 15.0 Å². The van der Waals surface area contributed by atoms with Gasteiger partial charge in [0.25, 0.3) is 0 Å². The van der Waals surface area contributed by atoms with E-state index in [1.807, 2.05) is 0 Å². The molecule has 0 saturated carbocycles. The second kappa shape index (κ2) is 6.77. The van der Waals surface area contributed by atoms with Gasteiger partial charge in [-0.1, -0.05) is 48.0 Å². The Kier molecular flexibility index (Phi) is 4.56. The van der Waals surface area contributed by atoms with Crippen molar-refractivity contribution in [2.45, 2.75) is 20.0 Å². The van der Waals surface area contributed by atoms with Gasteiger partial charge in [0.2, 0.25) is 0 Å². The van der Waals surface area contributed by atoms with Gasteiger partial charge in [-0.2, -0.15) is 0 Å². The Balaban J connectivity index is 1.90. The summed E-state index contributed by atoms with van der Waals surface area (Å²) in [5.41, 5.74) is 5.12. The van der Waals surface area contributed by atoms with Crippen LogP contribution in [0.15, 0.2) is 54.7 Å². The lowest BCUT2D eigenvalue weighted by Gasteiger charge is -2.06. The highest BCUT2D eigenvalue weighted by Gasteiger charge is 2.08. The highest BCUT2D eigenvalue weighted by molar-refractivity contribution is 5.84. The number of aryl methyl sites for hydroxylation is 1. The zero-order chi connectivity index (χ0) is 15.4. The average Bonchev–Trinajstić information content (AvgIpc) is 2.88. The van der Waals surface area contributed by atoms with Gasteiger partial charge in [0.1, 0.15) is 0 Å². The number of rotatable bonds is 6. The molecule has 0 amide bonds. The molecule has 3 nitrogen and oxygen atoms in total. The van der Waals surface area contributed by atoms with E-state index in [-0.39, 0.29) is 6.61 Å². The molecule has 3 rings (SSSR count). The van der Waals surface area contributed by atoms with Crippen LogP contribution in [0.4, 0.5) is 0 Å². The monoisotopic (exact) mass is 294 g/mol. The van der Waals surface area contributed by atoms with Crippen LogP contribution in [0.2, 0.25) is 0 Å². The van der Waals surface area contributed by atoms with E-state index in [9.17, 15) is 0 Å². The minimum atomic E-state index is 0.169. The summed E-state index contributed by atoms with van der Waals surface area (Å²) in [5, 5.41) is 13.5. The third-order valence-electron chi connectivity index (χ3n) is 3.95. The molecule has 0 fully saturated rings. The van der Waals surface area contributed by atoms with Crippen LogP contribution in [0.3, 0.4) is 0 Å². The molecule has 3 aromatic rings. The van der Waals surface area contributed by atoms with Crippen molar-refractivity contribution in [3.8, 4) is 0 Å².